The first-order chi connectivity index (χ1) is 7.43. The molecule has 0 saturated carbocycles. The molecule has 1 aromatic rings. The highest BCUT2D eigenvalue weighted by Gasteiger charge is 2.35. The number of nitrogens with one attached hydrogen (secondary N) is 1. The molecule has 1 N–H and O–H groups in total. The summed E-state index contributed by atoms with van der Waals surface area (Å²) in [4.78, 5) is 13.5. The Morgan fingerprint density at radius 2 is 2.12 bits per heavy atom. The Labute approximate surface area is 94.3 Å². The fourth-order valence-corrected chi connectivity index (χ4v) is 1.95. The number of carbonyl (C=O) groups excluding carboxylic acids is 1. The normalized spacial score (nSPS) is 18.8. The van der Waals surface area contributed by atoms with E-state index in [2.05, 4.69) is 5.32 Å². The van der Waals surface area contributed by atoms with Gasteiger partial charge in [-0.2, -0.15) is 0 Å². The van der Waals surface area contributed by atoms with Crippen LogP contribution in [0.4, 0.5) is 15.8 Å². The third-order valence-electron chi connectivity index (χ3n) is 2.93. The average molecular weight is 222 g/mol. The molecule has 0 atom stereocenters. The van der Waals surface area contributed by atoms with Gasteiger partial charge in [0.1, 0.15) is 11.5 Å². The molecule has 0 bridgehead atoms. The Kier molecular flexibility index (Phi) is 2.37. The molecule has 4 heteroatoms. The van der Waals surface area contributed by atoms with Crippen molar-refractivity contribution in [3.63, 3.8) is 0 Å². The summed E-state index contributed by atoms with van der Waals surface area (Å²) >= 11 is 0. The van der Waals surface area contributed by atoms with Crippen LogP contribution in [0.1, 0.15) is 13.8 Å². The third-order valence-corrected chi connectivity index (χ3v) is 2.93. The van der Waals surface area contributed by atoms with Crippen molar-refractivity contribution in [2.75, 3.05) is 23.8 Å². The SMILES string of the molecule is CN1C(=O)C(C)(C)CNc2cccc(F)c21. The van der Waals surface area contributed by atoms with Gasteiger partial charge in [0.2, 0.25) is 5.91 Å². The summed E-state index contributed by atoms with van der Waals surface area (Å²) in [6.07, 6.45) is 0. The summed E-state index contributed by atoms with van der Waals surface area (Å²) in [7, 11) is 1.61. The molecular weight excluding hydrogens is 207 g/mol. The van der Waals surface area contributed by atoms with Crippen molar-refractivity contribution in [2.24, 2.45) is 5.41 Å². The zero-order valence-corrected chi connectivity index (χ0v) is 9.67. The van der Waals surface area contributed by atoms with Gasteiger partial charge >= 0.3 is 0 Å². The zero-order chi connectivity index (χ0) is 11.9. The van der Waals surface area contributed by atoms with E-state index in [9.17, 15) is 9.18 Å². The molecule has 1 heterocycles. The lowest BCUT2D eigenvalue weighted by atomic mass is 9.92. The van der Waals surface area contributed by atoms with Gasteiger partial charge in [0.25, 0.3) is 0 Å². The second-order valence-electron chi connectivity index (χ2n) is 4.74. The fraction of sp³-hybridized carbons (Fsp3) is 0.417. The van der Waals surface area contributed by atoms with Crippen molar-refractivity contribution in [1.29, 1.82) is 0 Å². The number of carbonyl (C=O) groups is 1. The fourth-order valence-electron chi connectivity index (χ4n) is 1.95. The van der Waals surface area contributed by atoms with Crippen molar-refractivity contribution in [2.45, 2.75) is 13.8 Å². The first-order valence-corrected chi connectivity index (χ1v) is 5.24. The summed E-state index contributed by atoms with van der Waals surface area (Å²) in [6, 6.07) is 4.78. The molecule has 1 aliphatic heterocycles. The molecule has 0 spiro atoms. The number of benzene rings is 1. The molecular formula is C12H15FN2O. The highest BCUT2D eigenvalue weighted by Crippen LogP contribution is 2.35. The second-order valence-corrected chi connectivity index (χ2v) is 4.74. The van der Waals surface area contributed by atoms with Gasteiger partial charge in [-0.1, -0.05) is 6.07 Å². The van der Waals surface area contributed by atoms with Gasteiger partial charge in [-0.3, -0.25) is 4.79 Å². The molecule has 1 aliphatic rings. The number of hydrogen-bond donors (Lipinski definition) is 1. The summed E-state index contributed by atoms with van der Waals surface area (Å²) in [6.45, 7) is 4.21. The summed E-state index contributed by atoms with van der Waals surface area (Å²) in [5.74, 6) is -0.456. The largest absolute Gasteiger partial charge is 0.382 e. The number of amides is 1. The molecule has 2 rings (SSSR count). The smallest absolute Gasteiger partial charge is 0.234 e. The van der Waals surface area contributed by atoms with Crippen LogP contribution in [0.25, 0.3) is 0 Å². The predicted molar refractivity (Wildman–Crippen MR) is 62.1 cm³/mol. The van der Waals surface area contributed by atoms with E-state index in [-0.39, 0.29) is 11.7 Å². The molecule has 0 fully saturated rings. The lowest BCUT2D eigenvalue weighted by Crippen LogP contribution is -2.40. The average Bonchev–Trinajstić information content (AvgIpc) is 2.31. The van der Waals surface area contributed by atoms with Crippen LogP contribution in [0.3, 0.4) is 0 Å². The molecule has 0 unspecified atom stereocenters. The first-order valence-electron chi connectivity index (χ1n) is 5.24. The minimum atomic E-state index is -0.528. The molecule has 0 saturated heterocycles. The van der Waals surface area contributed by atoms with Gasteiger partial charge in [-0.25, -0.2) is 4.39 Å². The molecule has 3 nitrogen and oxygen atoms in total. The summed E-state index contributed by atoms with van der Waals surface area (Å²) < 4.78 is 13.7. The predicted octanol–water partition coefficient (Wildman–Crippen LogP) is 2.24. The van der Waals surface area contributed by atoms with Crippen LogP contribution >= 0.6 is 0 Å². The topological polar surface area (TPSA) is 32.3 Å². The maximum atomic E-state index is 13.7. The van der Waals surface area contributed by atoms with Crippen LogP contribution in [0.5, 0.6) is 0 Å². The number of fused-ring (bicyclic) bond motifs is 1. The van der Waals surface area contributed by atoms with Gasteiger partial charge in [0.05, 0.1) is 11.1 Å². The van der Waals surface area contributed by atoms with Gasteiger partial charge < -0.3 is 10.2 Å². The van der Waals surface area contributed by atoms with Crippen LogP contribution in [-0.4, -0.2) is 19.5 Å². The van der Waals surface area contributed by atoms with Crippen molar-refractivity contribution < 1.29 is 9.18 Å². The lowest BCUT2D eigenvalue weighted by molar-refractivity contribution is -0.125. The Morgan fingerprint density at radius 3 is 2.81 bits per heavy atom. The van der Waals surface area contributed by atoms with Gasteiger partial charge in [-0.15, -0.1) is 0 Å². The Bertz CT molecular complexity index is 443. The Morgan fingerprint density at radius 1 is 1.44 bits per heavy atom. The third kappa shape index (κ3) is 1.54. The van der Waals surface area contributed by atoms with E-state index in [1.165, 1.54) is 11.0 Å². The Hall–Kier alpha value is -1.58. The van der Waals surface area contributed by atoms with E-state index in [0.717, 1.165) is 0 Å². The molecule has 0 aliphatic carbocycles. The highest BCUT2D eigenvalue weighted by molar-refractivity contribution is 6.01. The minimum absolute atomic E-state index is 0.0798. The molecule has 1 amide bonds. The molecule has 16 heavy (non-hydrogen) atoms. The van der Waals surface area contributed by atoms with E-state index in [1.54, 1.807) is 19.2 Å². The minimum Gasteiger partial charge on any atom is -0.382 e. The van der Waals surface area contributed by atoms with Crippen LogP contribution < -0.4 is 10.2 Å². The molecule has 0 radical (unpaired) electrons. The van der Waals surface area contributed by atoms with Gasteiger partial charge in [0.15, 0.2) is 0 Å². The first kappa shape index (κ1) is 10.9. The standard InChI is InChI=1S/C12H15FN2O/c1-12(2)7-14-9-6-4-5-8(13)10(9)15(3)11(12)16/h4-6,14H,7H2,1-3H3. The van der Waals surface area contributed by atoms with Crippen molar-refractivity contribution >= 4 is 17.3 Å². The zero-order valence-electron chi connectivity index (χ0n) is 9.67. The lowest BCUT2D eigenvalue weighted by Gasteiger charge is -2.25. The summed E-state index contributed by atoms with van der Waals surface area (Å²) in [5, 5.41) is 3.11. The number of anilines is 2. The van der Waals surface area contributed by atoms with Gasteiger partial charge in [0, 0.05) is 13.6 Å². The monoisotopic (exact) mass is 222 g/mol. The van der Waals surface area contributed by atoms with Crippen LogP contribution in [0, 0.1) is 11.2 Å². The number of hydrogen-bond acceptors (Lipinski definition) is 2. The van der Waals surface area contributed by atoms with Crippen LogP contribution in [0.2, 0.25) is 0 Å². The van der Waals surface area contributed by atoms with E-state index >= 15 is 0 Å². The van der Waals surface area contributed by atoms with Crippen LogP contribution in [0.15, 0.2) is 18.2 Å². The number of halogens is 1. The molecule has 86 valence electrons. The van der Waals surface area contributed by atoms with Crippen molar-refractivity contribution in [1.82, 2.24) is 0 Å². The molecule has 1 aromatic carbocycles. The van der Waals surface area contributed by atoms with E-state index < -0.39 is 5.41 Å². The maximum Gasteiger partial charge on any atom is 0.234 e. The van der Waals surface area contributed by atoms with Crippen LogP contribution in [-0.2, 0) is 4.79 Å². The number of para-hydroxylation sites is 1. The number of nitrogens with zero attached hydrogens (tertiary/aromatic N) is 1. The van der Waals surface area contributed by atoms with Gasteiger partial charge in [-0.05, 0) is 26.0 Å². The number of rotatable bonds is 0. The molecule has 0 aromatic heterocycles. The summed E-state index contributed by atoms with van der Waals surface area (Å²) in [5.41, 5.74) is 0.472. The van der Waals surface area contributed by atoms with E-state index in [4.69, 9.17) is 0 Å². The van der Waals surface area contributed by atoms with E-state index in [0.29, 0.717) is 17.9 Å². The Balaban J connectivity index is 2.56. The van der Waals surface area contributed by atoms with Crippen molar-refractivity contribution in [3.8, 4) is 0 Å². The highest BCUT2D eigenvalue weighted by atomic mass is 19.1. The maximum absolute atomic E-state index is 13.7. The second kappa shape index (κ2) is 3.47. The quantitative estimate of drug-likeness (QED) is 0.730. The van der Waals surface area contributed by atoms with Crippen molar-refractivity contribution in [3.05, 3.63) is 24.0 Å². The van der Waals surface area contributed by atoms with E-state index in [1.807, 2.05) is 13.8 Å².